The number of nitrogens with one attached hydrogen (secondary N) is 3. The zero-order chi connectivity index (χ0) is 32.2. The van der Waals surface area contributed by atoms with Crippen molar-refractivity contribution in [3.05, 3.63) is 88.7 Å². The molecule has 0 saturated heterocycles. The molecule has 2 bridgehead atoms. The Bertz CT molecular complexity index is 1760. The number of nitrogens with zero attached hydrogens (tertiary/aromatic N) is 3. The standard InChI is InChI=1S/C32H32ClFN6O5/c1-17-28(41)9-5-7-24(38-31(43)22-16-36-40(18(22)2)27-8-4-6-23(33)29(27)34)26-14-19(12-13-35-26)21-11-10-20(37-32(44)45-3)15-25(21)39-30(17)42/h4,6,8,10-17,24,28,41H,5,7,9H2,1-3H3,(H,37,44)(H,38,43)(H,39,42)/t17-,24+,28?/m1/s1. The van der Waals surface area contributed by atoms with Gasteiger partial charge in [0.1, 0.15) is 5.69 Å². The molecule has 2 aromatic carbocycles. The minimum atomic E-state index is -0.953. The smallest absolute Gasteiger partial charge is 0.411 e. The van der Waals surface area contributed by atoms with Crippen LogP contribution in [0.5, 0.6) is 0 Å². The summed E-state index contributed by atoms with van der Waals surface area (Å²) in [5.74, 6) is -2.22. The zero-order valence-corrected chi connectivity index (χ0v) is 25.6. The van der Waals surface area contributed by atoms with E-state index in [2.05, 4.69) is 30.8 Å². The Morgan fingerprint density at radius 2 is 1.98 bits per heavy atom. The molecule has 0 radical (unpaired) electrons. The first kappa shape index (κ1) is 31.6. The van der Waals surface area contributed by atoms with Crippen LogP contribution < -0.4 is 16.0 Å². The topological polar surface area (TPSA) is 147 Å². The highest BCUT2D eigenvalue weighted by Crippen LogP contribution is 2.34. The Kier molecular flexibility index (Phi) is 9.45. The Morgan fingerprint density at radius 3 is 2.76 bits per heavy atom. The van der Waals surface area contributed by atoms with Crippen molar-refractivity contribution in [3.63, 3.8) is 0 Å². The molecule has 0 fully saturated rings. The summed E-state index contributed by atoms with van der Waals surface area (Å²) in [5.41, 5.74) is 3.47. The van der Waals surface area contributed by atoms with E-state index >= 15 is 0 Å². The van der Waals surface area contributed by atoms with Crippen molar-refractivity contribution in [2.24, 2.45) is 5.92 Å². The first-order valence-electron chi connectivity index (χ1n) is 14.3. The van der Waals surface area contributed by atoms with E-state index in [4.69, 9.17) is 11.6 Å². The third-order valence-electron chi connectivity index (χ3n) is 7.86. The fourth-order valence-corrected chi connectivity index (χ4v) is 5.39. The second-order valence-electron chi connectivity index (χ2n) is 10.8. The largest absolute Gasteiger partial charge is 0.453 e. The Hall–Kier alpha value is -4.81. The van der Waals surface area contributed by atoms with Gasteiger partial charge in [0.25, 0.3) is 5.91 Å². The number of anilines is 2. The van der Waals surface area contributed by atoms with Gasteiger partial charge in [-0.2, -0.15) is 5.10 Å². The quantitative estimate of drug-likeness (QED) is 0.222. The molecule has 45 heavy (non-hydrogen) atoms. The number of amides is 3. The van der Waals surface area contributed by atoms with Gasteiger partial charge in [0, 0.05) is 17.4 Å². The summed E-state index contributed by atoms with van der Waals surface area (Å²) in [6.07, 6.45) is 2.54. The van der Waals surface area contributed by atoms with E-state index < -0.39 is 35.9 Å². The lowest BCUT2D eigenvalue weighted by Gasteiger charge is -2.21. The number of aliphatic hydroxyl groups excluding tert-OH is 1. The van der Waals surface area contributed by atoms with Gasteiger partial charge in [0.15, 0.2) is 5.82 Å². The van der Waals surface area contributed by atoms with Gasteiger partial charge in [0.05, 0.1) is 59.0 Å². The predicted molar refractivity (Wildman–Crippen MR) is 167 cm³/mol. The highest BCUT2D eigenvalue weighted by atomic mass is 35.5. The summed E-state index contributed by atoms with van der Waals surface area (Å²) in [4.78, 5) is 43.1. The Morgan fingerprint density at radius 1 is 1.18 bits per heavy atom. The van der Waals surface area contributed by atoms with Crippen LogP contribution in [0.15, 0.2) is 60.9 Å². The molecule has 0 saturated carbocycles. The van der Waals surface area contributed by atoms with E-state index in [1.807, 2.05) is 6.07 Å². The van der Waals surface area contributed by atoms with Gasteiger partial charge in [-0.1, -0.05) is 30.7 Å². The van der Waals surface area contributed by atoms with Crippen LogP contribution in [0.25, 0.3) is 16.8 Å². The summed E-state index contributed by atoms with van der Waals surface area (Å²) in [6.45, 7) is 3.30. The van der Waals surface area contributed by atoms with Gasteiger partial charge in [-0.15, -0.1) is 0 Å². The first-order chi connectivity index (χ1) is 21.6. The van der Waals surface area contributed by atoms with Gasteiger partial charge >= 0.3 is 6.09 Å². The van der Waals surface area contributed by atoms with E-state index in [1.54, 1.807) is 50.4 Å². The van der Waals surface area contributed by atoms with E-state index in [-0.39, 0.29) is 22.2 Å². The summed E-state index contributed by atoms with van der Waals surface area (Å²) < 4.78 is 20.7. The number of methoxy groups -OCH3 is 1. The molecule has 4 N–H and O–H groups in total. The molecule has 3 heterocycles. The number of fused-ring (bicyclic) bond motifs is 4. The third-order valence-corrected chi connectivity index (χ3v) is 8.15. The monoisotopic (exact) mass is 634 g/mol. The van der Waals surface area contributed by atoms with Crippen LogP contribution in [0.3, 0.4) is 0 Å². The van der Waals surface area contributed by atoms with E-state index in [0.717, 1.165) is 0 Å². The maximum atomic E-state index is 14.7. The van der Waals surface area contributed by atoms with Crippen LogP contribution in [0.4, 0.5) is 20.6 Å². The number of ether oxygens (including phenoxy) is 1. The lowest BCUT2D eigenvalue weighted by Crippen LogP contribution is -2.31. The van der Waals surface area contributed by atoms with Crippen molar-refractivity contribution in [1.82, 2.24) is 20.1 Å². The van der Waals surface area contributed by atoms with Crippen molar-refractivity contribution in [3.8, 4) is 16.8 Å². The van der Waals surface area contributed by atoms with Crippen molar-refractivity contribution in [1.29, 1.82) is 0 Å². The second kappa shape index (κ2) is 13.4. The minimum absolute atomic E-state index is 0.0608. The summed E-state index contributed by atoms with van der Waals surface area (Å²) in [6, 6.07) is 12.6. The summed E-state index contributed by atoms with van der Waals surface area (Å²) in [7, 11) is 1.25. The molecule has 3 amide bonds. The second-order valence-corrected chi connectivity index (χ2v) is 11.2. The van der Waals surface area contributed by atoms with E-state index in [0.29, 0.717) is 53.2 Å². The zero-order valence-electron chi connectivity index (χ0n) is 24.8. The molecule has 1 aliphatic rings. The molecule has 11 nitrogen and oxygen atoms in total. The molecular weight excluding hydrogens is 603 g/mol. The number of rotatable bonds is 4. The first-order valence-corrected chi connectivity index (χ1v) is 14.7. The number of benzene rings is 2. The molecule has 13 heteroatoms. The molecule has 4 aromatic rings. The average Bonchev–Trinajstić information content (AvgIpc) is 3.41. The maximum absolute atomic E-state index is 14.7. The van der Waals surface area contributed by atoms with Gasteiger partial charge in [-0.05, 0) is 68.1 Å². The molecular formula is C32H32ClFN6O5. The Labute approximate surface area is 263 Å². The fourth-order valence-electron chi connectivity index (χ4n) is 5.22. The van der Waals surface area contributed by atoms with Gasteiger partial charge < -0.3 is 20.5 Å². The van der Waals surface area contributed by atoms with Crippen LogP contribution in [-0.2, 0) is 9.53 Å². The maximum Gasteiger partial charge on any atom is 0.411 e. The number of hydrogen-bond acceptors (Lipinski definition) is 7. The van der Waals surface area contributed by atoms with Crippen molar-refractivity contribution >= 4 is 40.9 Å². The minimum Gasteiger partial charge on any atom is -0.453 e. The van der Waals surface area contributed by atoms with Crippen LogP contribution in [-0.4, -0.2) is 51.0 Å². The number of halogens is 2. The van der Waals surface area contributed by atoms with Crippen LogP contribution in [0.1, 0.15) is 54.0 Å². The number of carbonyl (C=O) groups excluding carboxylic acids is 3. The van der Waals surface area contributed by atoms with E-state index in [1.165, 1.54) is 30.1 Å². The van der Waals surface area contributed by atoms with Crippen LogP contribution in [0, 0.1) is 18.7 Å². The highest BCUT2D eigenvalue weighted by molar-refractivity contribution is 6.30. The number of pyridine rings is 1. The molecule has 2 aromatic heterocycles. The third kappa shape index (κ3) is 6.81. The molecule has 0 aliphatic carbocycles. The molecule has 3 atom stereocenters. The van der Waals surface area contributed by atoms with Crippen molar-refractivity contribution < 1.29 is 28.6 Å². The molecule has 5 rings (SSSR count). The summed E-state index contributed by atoms with van der Waals surface area (Å²) >= 11 is 5.96. The van der Waals surface area contributed by atoms with Gasteiger partial charge in [0.2, 0.25) is 5.91 Å². The van der Waals surface area contributed by atoms with Crippen molar-refractivity contribution in [2.45, 2.75) is 45.3 Å². The van der Waals surface area contributed by atoms with Gasteiger partial charge in [-0.3, -0.25) is 19.9 Å². The van der Waals surface area contributed by atoms with Crippen LogP contribution in [0.2, 0.25) is 5.02 Å². The molecule has 1 aliphatic heterocycles. The normalized spacial score (nSPS) is 18.4. The fraction of sp³-hybridized carbons (Fsp3) is 0.281. The predicted octanol–water partition coefficient (Wildman–Crippen LogP) is 5.80. The SMILES string of the molecule is COC(=O)Nc1ccc2c(c1)NC(=O)[C@H](C)C(O)CCC[C@H](NC(=O)c1cnn(-c3cccc(Cl)c3F)c1C)c1cc-2ccn1. The molecule has 1 unspecified atom stereocenters. The number of aromatic nitrogens is 3. The lowest BCUT2D eigenvalue weighted by atomic mass is 9.96. The van der Waals surface area contributed by atoms with E-state index in [9.17, 15) is 23.9 Å². The van der Waals surface area contributed by atoms with Crippen LogP contribution >= 0.6 is 11.6 Å². The summed E-state index contributed by atoms with van der Waals surface area (Å²) in [5, 5.41) is 23.5. The average molecular weight is 635 g/mol. The highest BCUT2D eigenvalue weighted by Gasteiger charge is 2.27. The lowest BCUT2D eigenvalue weighted by molar-refractivity contribution is -0.122. The Balaban J connectivity index is 1.50. The molecule has 0 spiro atoms. The number of aliphatic hydroxyl groups is 1. The van der Waals surface area contributed by atoms with Crippen molar-refractivity contribution in [2.75, 3.05) is 17.7 Å². The number of carbonyl (C=O) groups is 3. The number of hydrogen-bond donors (Lipinski definition) is 4. The van der Waals surface area contributed by atoms with Gasteiger partial charge in [-0.25, -0.2) is 13.9 Å². The molecule has 234 valence electrons.